The van der Waals surface area contributed by atoms with Crippen molar-refractivity contribution in [1.82, 2.24) is 15.0 Å². The van der Waals surface area contributed by atoms with Gasteiger partial charge in [0.05, 0.1) is 18.1 Å². The van der Waals surface area contributed by atoms with Crippen LogP contribution in [-0.4, -0.2) is 20.1 Å². The number of aryl methyl sites for hydroxylation is 2. The Morgan fingerprint density at radius 1 is 1.09 bits per heavy atom. The minimum atomic E-state index is 0.376. The van der Waals surface area contributed by atoms with Gasteiger partial charge in [0.25, 0.3) is 0 Å². The Morgan fingerprint density at radius 3 is 2.36 bits per heavy atom. The Labute approximate surface area is 129 Å². The number of hydrogen-bond donors (Lipinski definition) is 2. The molecule has 0 atom stereocenters. The Morgan fingerprint density at radius 2 is 1.77 bits per heavy atom. The fourth-order valence-corrected chi connectivity index (χ4v) is 2.43. The molecule has 22 heavy (non-hydrogen) atoms. The molecule has 1 heterocycles. The molecule has 2 aromatic carbocycles. The summed E-state index contributed by atoms with van der Waals surface area (Å²) in [6.07, 6.45) is 3.46. The van der Waals surface area contributed by atoms with Crippen LogP contribution >= 0.6 is 0 Å². The van der Waals surface area contributed by atoms with Crippen LogP contribution in [0.3, 0.4) is 0 Å². The monoisotopic (exact) mass is 294 g/mol. The van der Waals surface area contributed by atoms with Gasteiger partial charge in [0.2, 0.25) is 0 Å². The second-order valence-electron chi connectivity index (χ2n) is 5.33. The number of anilines is 1. The average molecular weight is 294 g/mol. The molecular weight excluding hydrogens is 276 g/mol. The predicted molar refractivity (Wildman–Crippen MR) is 86.3 cm³/mol. The van der Waals surface area contributed by atoms with Gasteiger partial charge in [-0.05, 0) is 54.8 Å². The number of rotatable bonds is 4. The minimum Gasteiger partial charge on any atom is -0.507 e. The predicted octanol–water partition coefficient (Wildman–Crippen LogP) is 3.20. The van der Waals surface area contributed by atoms with Crippen LogP contribution < -0.4 is 5.32 Å². The number of nitrogens with zero attached hydrogens (tertiary/aromatic N) is 3. The van der Waals surface area contributed by atoms with Gasteiger partial charge in [-0.3, -0.25) is 0 Å². The van der Waals surface area contributed by atoms with Crippen LogP contribution in [0.25, 0.3) is 5.69 Å². The Bertz CT molecular complexity index is 741. The number of nitrogens with one attached hydrogen (secondary N) is 1. The average Bonchev–Trinajstić information content (AvgIpc) is 3.05. The zero-order valence-electron chi connectivity index (χ0n) is 12.6. The molecule has 0 radical (unpaired) electrons. The van der Waals surface area contributed by atoms with Gasteiger partial charge in [0.15, 0.2) is 0 Å². The molecule has 0 fully saturated rings. The molecule has 1 aromatic heterocycles. The van der Waals surface area contributed by atoms with Crippen molar-refractivity contribution in [3.05, 3.63) is 65.5 Å². The molecule has 5 heteroatoms. The van der Waals surface area contributed by atoms with E-state index in [1.807, 2.05) is 56.4 Å². The fourth-order valence-electron chi connectivity index (χ4n) is 2.43. The summed E-state index contributed by atoms with van der Waals surface area (Å²) < 4.78 is 1.72. The van der Waals surface area contributed by atoms with E-state index >= 15 is 0 Å². The van der Waals surface area contributed by atoms with Crippen LogP contribution in [0.15, 0.2) is 48.8 Å². The molecule has 0 amide bonds. The number of hydrogen-bond acceptors (Lipinski definition) is 4. The lowest BCUT2D eigenvalue weighted by Gasteiger charge is -2.10. The molecule has 0 aliphatic carbocycles. The molecule has 112 valence electrons. The van der Waals surface area contributed by atoms with E-state index in [0.29, 0.717) is 12.3 Å². The first kappa shape index (κ1) is 14.1. The van der Waals surface area contributed by atoms with Crippen molar-refractivity contribution >= 4 is 5.69 Å². The standard InChI is InChI=1S/C17H18N4O/c1-12-9-14(10-13(2)17(12)22)11-18-15-3-5-16(6-4-15)21-8-7-19-20-21/h3-10,18,22H,11H2,1-2H3. The lowest BCUT2D eigenvalue weighted by Crippen LogP contribution is -2.01. The van der Waals surface area contributed by atoms with Crippen LogP contribution in [0.4, 0.5) is 5.69 Å². The summed E-state index contributed by atoms with van der Waals surface area (Å²) in [5, 5.41) is 20.9. The number of aromatic hydroxyl groups is 1. The molecule has 3 aromatic rings. The van der Waals surface area contributed by atoms with Gasteiger partial charge in [-0.15, -0.1) is 5.10 Å². The maximum Gasteiger partial charge on any atom is 0.121 e. The normalized spacial score (nSPS) is 10.6. The number of aromatic nitrogens is 3. The van der Waals surface area contributed by atoms with Gasteiger partial charge in [0.1, 0.15) is 5.75 Å². The zero-order chi connectivity index (χ0) is 15.5. The van der Waals surface area contributed by atoms with Gasteiger partial charge in [-0.2, -0.15) is 0 Å². The van der Waals surface area contributed by atoms with Crippen LogP contribution in [0, 0.1) is 13.8 Å². The first-order chi connectivity index (χ1) is 10.6. The van der Waals surface area contributed by atoms with Gasteiger partial charge >= 0.3 is 0 Å². The molecule has 0 unspecified atom stereocenters. The first-order valence-electron chi connectivity index (χ1n) is 7.13. The third kappa shape index (κ3) is 2.93. The fraction of sp³-hybridized carbons (Fsp3) is 0.176. The highest BCUT2D eigenvalue weighted by Crippen LogP contribution is 2.23. The van der Waals surface area contributed by atoms with E-state index < -0.39 is 0 Å². The van der Waals surface area contributed by atoms with Gasteiger partial charge in [-0.1, -0.05) is 17.3 Å². The Balaban J connectivity index is 1.69. The van der Waals surface area contributed by atoms with Crippen molar-refractivity contribution in [2.45, 2.75) is 20.4 Å². The van der Waals surface area contributed by atoms with Crippen molar-refractivity contribution in [2.75, 3.05) is 5.32 Å². The van der Waals surface area contributed by atoms with Gasteiger partial charge in [-0.25, -0.2) is 4.68 Å². The number of benzene rings is 2. The van der Waals surface area contributed by atoms with Crippen molar-refractivity contribution in [1.29, 1.82) is 0 Å². The van der Waals surface area contributed by atoms with Gasteiger partial charge in [0, 0.05) is 12.2 Å². The summed E-state index contributed by atoms with van der Waals surface area (Å²) in [7, 11) is 0. The van der Waals surface area contributed by atoms with E-state index in [1.54, 1.807) is 10.9 Å². The highest BCUT2D eigenvalue weighted by Gasteiger charge is 2.03. The number of phenols is 1. The highest BCUT2D eigenvalue weighted by atomic mass is 16.3. The summed E-state index contributed by atoms with van der Waals surface area (Å²) in [6.45, 7) is 4.54. The summed E-state index contributed by atoms with van der Waals surface area (Å²) in [4.78, 5) is 0. The molecule has 3 rings (SSSR count). The smallest absolute Gasteiger partial charge is 0.121 e. The van der Waals surface area contributed by atoms with Crippen molar-refractivity contribution in [3.63, 3.8) is 0 Å². The summed E-state index contributed by atoms with van der Waals surface area (Å²) in [6, 6.07) is 12.0. The lowest BCUT2D eigenvalue weighted by atomic mass is 10.1. The third-order valence-corrected chi connectivity index (χ3v) is 3.60. The summed E-state index contributed by atoms with van der Waals surface area (Å²) in [5.74, 6) is 0.376. The molecule has 0 saturated carbocycles. The second-order valence-corrected chi connectivity index (χ2v) is 5.33. The second kappa shape index (κ2) is 5.89. The van der Waals surface area contributed by atoms with Crippen molar-refractivity contribution < 1.29 is 5.11 Å². The van der Waals surface area contributed by atoms with E-state index in [2.05, 4.69) is 15.6 Å². The van der Waals surface area contributed by atoms with E-state index in [-0.39, 0.29) is 0 Å². The molecular formula is C17H18N4O. The first-order valence-corrected chi connectivity index (χ1v) is 7.13. The maximum absolute atomic E-state index is 9.80. The third-order valence-electron chi connectivity index (χ3n) is 3.60. The highest BCUT2D eigenvalue weighted by molar-refractivity contribution is 5.49. The van der Waals surface area contributed by atoms with Crippen LogP contribution in [0.2, 0.25) is 0 Å². The molecule has 0 aliphatic heterocycles. The molecule has 0 spiro atoms. The van der Waals surface area contributed by atoms with Crippen molar-refractivity contribution in [2.24, 2.45) is 0 Å². The molecule has 0 aliphatic rings. The maximum atomic E-state index is 9.80. The van der Waals surface area contributed by atoms with E-state index in [4.69, 9.17) is 0 Å². The Hall–Kier alpha value is -2.82. The lowest BCUT2D eigenvalue weighted by molar-refractivity contribution is 0.466. The quantitative estimate of drug-likeness (QED) is 0.775. The summed E-state index contributed by atoms with van der Waals surface area (Å²) >= 11 is 0. The topological polar surface area (TPSA) is 63.0 Å². The van der Waals surface area contributed by atoms with E-state index in [1.165, 1.54) is 0 Å². The number of phenolic OH excluding ortho intramolecular Hbond substituents is 1. The molecule has 2 N–H and O–H groups in total. The SMILES string of the molecule is Cc1cc(CNc2ccc(-n3ccnn3)cc2)cc(C)c1O. The van der Waals surface area contributed by atoms with E-state index in [9.17, 15) is 5.11 Å². The van der Waals surface area contributed by atoms with Crippen molar-refractivity contribution in [3.8, 4) is 11.4 Å². The minimum absolute atomic E-state index is 0.376. The van der Waals surface area contributed by atoms with Crippen LogP contribution in [0.1, 0.15) is 16.7 Å². The molecule has 5 nitrogen and oxygen atoms in total. The summed E-state index contributed by atoms with van der Waals surface area (Å²) in [5.41, 5.74) is 4.96. The molecule has 0 bridgehead atoms. The zero-order valence-corrected chi connectivity index (χ0v) is 12.6. The molecule has 0 saturated heterocycles. The van der Waals surface area contributed by atoms with Gasteiger partial charge < -0.3 is 10.4 Å². The van der Waals surface area contributed by atoms with Crippen LogP contribution in [-0.2, 0) is 6.54 Å². The Kier molecular flexibility index (Phi) is 3.78. The van der Waals surface area contributed by atoms with E-state index in [0.717, 1.165) is 28.1 Å². The largest absolute Gasteiger partial charge is 0.507 e. The van der Waals surface area contributed by atoms with Crippen LogP contribution in [0.5, 0.6) is 5.75 Å².